The Morgan fingerprint density at radius 2 is 2.10 bits per heavy atom. The molecule has 2 aromatic rings. The van der Waals surface area contributed by atoms with Gasteiger partial charge in [0.1, 0.15) is 5.82 Å². The smallest absolute Gasteiger partial charge is 0.254 e. The minimum Gasteiger partial charge on any atom is -0.368 e. The van der Waals surface area contributed by atoms with E-state index in [2.05, 4.69) is 15.3 Å². The van der Waals surface area contributed by atoms with Crippen LogP contribution in [-0.2, 0) is 9.59 Å². The molecule has 0 radical (unpaired) electrons. The highest BCUT2D eigenvalue weighted by Gasteiger charge is 2.48. The van der Waals surface area contributed by atoms with Crippen molar-refractivity contribution in [1.29, 1.82) is 0 Å². The molecule has 1 aliphatic carbocycles. The van der Waals surface area contributed by atoms with Crippen LogP contribution < -0.4 is 5.32 Å². The molecule has 1 saturated carbocycles. The number of aromatic nitrogens is 2. The van der Waals surface area contributed by atoms with Crippen molar-refractivity contribution in [3.63, 3.8) is 0 Å². The largest absolute Gasteiger partial charge is 0.368 e. The van der Waals surface area contributed by atoms with E-state index in [1.807, 2.05) is 24.0 Å². The van der Waals surface area contributed by atoms with Gasteiger partial charge < -0.3 is 20.2 Å². The molecule has 0 saturated heterocycles. The Morgan fingerprint density at radius 1 is 1.26 bits per heavy atom. The van der Waals surface area contributed by atoms with Crippen LogP contribution in [0.3, 0.4) is 0 Å². The summed E-state index contributed by atoms with van der Waals surface area (Å²) < 4.78 is 0. The van der Waals surface area contributed by atoms with Crippen molar-refractivity contribution in [1.82, 2.24) is 19.8 Å². The maximum Gasteiger partial charge on any atom is 0.254 e. The van der Waals surface area contributed by atoms with Crippen molar-refractivity contribution < 1.29 is 14.7 Å². The van der Waals surface area contributed by atoms with Gasteiger partial charge in [-0.25, -0.2) is 4.98 Å². The van der Waals surface area contributed by atoms with E-state index >= 15 is 0 Å². The summed E-state index contributed by atoms with van der Waals surface area (Å²) in [6, 6.07) is 5.75. The molecular formula is C23H25N5O3. The zero-order chi connectivity index (χ0) is 21.5. The van der Waals surface area contributed by atoms with E-state index in [-0.39, 0.29) is 24.4 Å². The molecule has 2 amide bonds. The van der Waals surface area contributed by atoms with E-state index in [0.717, 1.165) is 36.0 Å². The SMILES string of the molecule is Cc1ccncc1-c1ccc(NC(=O)CN2CCCC3=C2C(O)N(C2CC2)C3=O)nc1. The summed E-state index contributed by atoms with van der Waals surface area (Å²) in [6.45, 7) is 2.73. The highest BCUT2D eigenvalue weighted by molar-refractivity contribution is 5.98. The van der Waals surface area contributed by atoms with Gasteiger partial charge in [-0.15, -0.1) is 0 Å². The van der Waals surface area contributed by atoms with Gasteiger partial charge in [-0.2, -0.15) is 0 Å². The molecule has 0 spiro atoms. The van der Waals surface area contributed by atoms with Crippen molar-refractivity contribution in [2.45, 2.75) is 44.9 Å². The number of carbonyl (C=O) groups is 2. The fourth-order valence-electron chi connectivity index (χ4n) is 4.45. The predicted octanol–water partition coefficient (Wildman–Crippen LogP) is 2.06. The average molecular weight is 419 g/mol. The van der Waals surface area contributed by atoms with Crippen molar-refractivity contribution in [2.24, 2.45) is 0 Å². The number of pyridine rings is 2. The molecule has 5 rings (SSSR count). The predicted molar refractivity (Wildman–Crippen MR) is 115 cm³/mol. The molecule has 2 aromatic heterocycles. The lowest BCUT2D eigenvalue weighted by molar-refractivity contribution is -0.132. The second-order valence-corrected chi connectivity index (χ2v) is 8.38. The van der Waals surface area contributed by atoms with Gasteiger partial charge in [0.15, 0.2) is 6.23 Å². The molecule has 1 fully saturated rings. The van der Waals surface area contributed by atoms with Crippen LogP contribution in [0, 0.1) is 6.92 Å². The molecule has 1 atom stereocenters. The normalized spacial score (nSPS) is 20.8. The monoisotopic (exact) mass is 419 g/mol. The van der Waals surface area contributed by atoms with Gasteiger partial charge in [-0.3, -0.25) is 14.6 Å². The minimum atomic E-state index is -0.941. The summed E-state index contributed by atoms with van der Waals surface area (Å²) in [5.74, 6) is 0.165. The number of rotatable bonds is 5. The first-order valence-corrected chi connectivity index (χ1v) is 10.7. The van der Waals surface area contributed by atoms with Crippen LogP contribution >= 0.6 is 0 Å². The minimum absolute atomic E-state index is 0.0712. The van der Waals surface area contributed by atoms with Gasteiger partial charge in [-0.1, -0.05) is 0 Å². The number of aliphatic hydroxyl groups is 1. The van der Waals surface area contributed by atoms with Crippen LogP contribution in [0.2, 0.25) is 0 Å². The first-order chi connectivity index (χ1) is 15.0. The molecule has 2 N–H and O–H groups in total. The Kier molecular flexibility index (Phi) is 4.94. The number of aryl methyl sites for hydroxylation is 1. The summed E-state index contributed by atoms with van der Waals surface area (Å²) in [6.07, 6.45) is 7.64. The van der Waals surface area contributed by atoms with Gasteiger partial charge in [0.05, 0.1) is 12.2 Å². The number of hydrogen-bond donors (Lipinski definition) is 2. The molecule has 160 valence electrons. The van der Waals surface area contributed by atoms with E-state index in [0.29, 0.717) is 30.1 Å². The summed E-state index contributed by atoms with van der Waals surface area (Å²) in [4.78, 5) is 37.3. The third-order valence-electron chi connectivity index (χ3n) is 6.16. The van der Waals surface area contributed by atoms with Crippen LogP contribution in [0.4, 0.5) is 5.82 Å². The number of nitrogens with zero attached hydrogens (tertiary/aromatic N) is 4. The van der Waals surface area contributed by atoms with Crippen LogP contribution in [0.15, 0.2) is 48.1 Å². The lowest BCUT2D eigenvalue weighted by Crippen LogP contribution is -2.42. The third kappa shape index (κ3) is 3.67. The van der Waals surface area contributed by atoms with Crippen LogP contribution in [0.1, 0.15) is 31.2 Å². The molecule has 0 bridgehead atoms. The van der Waals surface area contributed by atoms with Gasteiger partial charge >= 0.3 is 0 Å². The van der Waals surface area contributed by atoms with Gasteiger partial charge in [0, 0.05) is 47.9 Å². The quantitative estimate of drug-likeness (QED) is 0.770. The van der Waals surface area contributed by atoms with Gasteiger partial charge in [-0.05, 0) is 56.4 Å². The molecular weight excluding hydrogens is 394 g/mol. The van der Waals surface area contributed by atoms with Gasteiger partial charge in [0.2, 0.25) is 5.91 Å². The summed E-state index contributed by atoms with van der Waals surface area (Å²) in [5, 5.41) is 13.6. The summed E-state index contributed by atoms with van der Waals surface area (Å²) in [7, 11) is 0. The second-order valence-electron chi connectivity index (χ2n) is 8.38. The Labute approximate surface area is 180 Å². The molecule has 8 nitrogen and oxygen atoms in total. The highest BCUT2D eigenvalue weighted by Crippen LogP contribution is 2.40. The van der Waals surface area contributed by atoms with E-state index in [1.165, 1.54) is 0 Å². The molecule has 1 unspecified atom stereocenters. The molecule has 2 aliphatic heterocycles. The molecule has 0 aromatic carbocycles. The third-order valence-corrected chi connectivity index (χ3v) is 6.16. The number of carbonyl (C=O) groups excluding carboxylic acids is 2. The molecule has 31 heavy (non-hydrogen) atoms. The first kappa shape index (κ1) is 19.7. The van der Waals surface area contributed by atoms with Crippen LogP contribution in [0.25, 0.3) is 11.1 Å². The molecule has 3 aliphatic rings. The maximum absolute atomic E-state index is 12.7. The van der Waals surface area contributed by atoms with E-state index in [9.17, 15) is 14.7 Å². The highest BCUT2D eigenvalue weighted by atomic mass is 16.3. The lowest BCUT2D eigenvalue weighted by atomic mass is 10.0. The lowest BCUT2D eigenvalue weighted by Gasteiger charge is -2.32. The Bertz CT molecular complexity index is 1060. The van der Waals surface area contributed by atoms with E-state index < -0.39 is 6.23 Å². The summed E-state index contributed by atoms with van der Waals surface area (Å²) in [5.41, 5.74) is 4.30. The fraction of sp³-hybridized carbons (Fsp3) is 0.391. The first-order valence-electron chi connectivity index (χ1n) is 10.7. The van der Waals surface area contributed by atoms with Crippen molar-refractivity contribution in [3.8, 4) is 11.1 Å². The summed E-state index contributed by atoms with van der Waals surface area (Å²) >= 11 is 0. The van der Waals surface area contributed by atoms with E-state index in [4.69, 9.17) is 0 Å². The topological polar surface area (TPSA) is 98.7 Å². The Hall–Kier alpha value is -3.26. The Morgan fingerprint density at radius 3 is 2.81 bits per heavy atom. The standard InChI is InChI=1S/C23H25N5O3/c1-14-8-9-24-12-18(14)15-4-7-19(25-11-15)26-20(29)13-27-10-2-3-17-21(27)23(31)28(22(17)30)16-5-6-16/h4,7-9,11-12,16,23,31H,2-3,5-6,10,13H2,1H3,(H,25,26,29). The Balaban J connectivity index is 1.26. The van der Waals surface area contributed by atoms with Gasteiger partial charge in [0.25, 0.3) is 5.91 Å². The van der Waals surface area contributed by atoms with Crippen molar-refractivity contribution >= 4 is 17.6 Å². The second kappa shape index (κ2) is 7.77. The zero-order valence-electron chi connectivity index (χ0n) is 17.4. The maximum atomic E-state index is 12.7. The average Bonchev–Trinajstić information content (AvgIpc) is 3.56. The number of hydrogen-bond acceptors (Lipinski definition) is 6. The number of amides is 2. The molecule has 4 heterocycles. The zero-order valence-corrected chi connectivity index (χ0v) is 17.4. The number of nitrogens with one attached hydrogen (secondary N) is 1. The van der Waals surface area contributed by atoms with Crippen LogP contribution in [-0.4, -0.2) is 62.0 Å². The number of anilines is 1. The van der Waals surface area contributed by atoms with E-state index in [1.54, 1.807) is 29.6 Å². The van der Waals surface area contributed by atoms with Crippen LogP contribution in [0.5, 0.6) is 0 Å². The van der Waals surface area contributed by atoms with Crippen molar-refractivity contribution in [2.75, 3.05) is 18.4 Å². The molecule has 8 heteroatoms. The van der Waals surface area contributed by atoms with Crippen molar-refractivity contribution in [3.05, 3.63) is 53.6 Å². The fourth-order valence-corrected chi connectivity index (χ4v) is 4.45. The number of aliphatic hydroxyl groups excluding tert-OH is 1.